The van der Waals surface area contributed by atoms with Crippen molar-refractivity contribution in [3.8, 4) is 0 Å². The van der Waals surface area contributed by atoms with E-state index in [0.717, 1.165) is 0 Å². The van der Waals surface area contributed by atoms with Crippen LogP contribution in [0.2, 0.25) is 10.0 Å². The van der Waals surface area contributed by atoms with Gasteiger partial charge in [-0.3, -0.25) is 9.00 Å². The Kier molecular flexibility index (Phi) is 5.22. The zero-order valence-electron chi connectivity index (χ0n) is 10.8. The van der Waals surface area contributed by atoms with Gasteiger partial charge < -0.3 is 11.1 Å². The van der Waals surface area contributed by atoms with E-state index >= 15 is 0 Å². The number of halogens is 2. The van der Waals surface area contributed by atoms with Gasteiger partial charge in [-0.2, -0.15) is 0 Å². The number of nitrogens with one attached hydrogen (secondary N) is 1. The first-order valence-corrected chi connectivity index (χ1v) is 8.02. The highest BCUT2D eigenvalue weighted by Gasteiger charge is 2.14. The number of hydrogen-bond acceptors (Lipinski definition) is 3. The molecule has 0 heterocycles. The molecule has 110 valence electrons. The summed E-state index contributed by atoms with van der Waals surface area (Å²) in [5.41, 5.74) is 6.51. The number of hydrogen-bond donors (Lipinski definition) is 2. The predicted octanol–water partition coefficient (Wildman–Crippen LogP) is 3.32. The quantitative estimate of drug-likeness (QED) is 0.837. The van der Waals surface area contributed by atoms with Crippen LogP contribution in [-0.4, -0.2) is 15.9 Å². The first-order chi connectivity index (χ1) is 9.97. The summed E-state index contributed by atoms with van der Waals surface area (Å²) in [5.74, 6) is -0.641. The standard InChI is InChI=1S/C14H12Cl2N2O2S/c15-9-5-6-11(17)12(7-9)18-14(19)8-21(20)13-4-2-1-3-10(13)16/h1-7H,8,17H2,(H,18,19). The number of nitrogens with two attached hydrogens (primary N) is 1. The molecular weight excluding hydrogens is 331 g/mol. The Morgan fingerprint density at radius 3 is 2.62 bits per heavy atom. The van der Waals surface area contributed by atoms with Gasteiger partial charge in [0.2, 0.25) is 5.91 Å². The van der Waals surface area contributed by atoms with Gasteiger partial charge in [0.15, 0.2) is 0 Å². The monoisotopic (exact) mass is 342 g/mol. The average Bonchev–Trinajstić information content (AvgIpc) is 2.43. The molecule has 0 radical (unpaired) electrons. The third-order valence-corrected chi connectivity index (χ3v) is 4.68. The second kappa shape index (κ2) is 6.93. The lowest BCUT2D eigenvalue weighted by Gasteiger charge is -2.09. The molecule has 21 heavy (non-hydrogen) atoms. The molecule has 0 saturated heterocycles. The van der Waals surface area contributed by atoms with Crippen molar-refractivity contribution in [2.24, 2.45) is 0 Å². The smallest absolute Gasteiger partial charge is 0.237 e. The van der Waals surface area contributed by atoms with Crippen molar-refractivity contribution in [2.75, 3.05) is 16.8 Å². The number of rotatable bonds is 4. The van der Waals surface area contributed by atoms with Gasteiger partial charge >= 0.3 is 0 Å². The molecule has 0 fully saturated rings. The minimum absolute atomic E-state index is 0.213. The Bertz CT molecular complexity index is 707. The van der Waals surface area contributed by atoms with Crippen LogP contribution in [0, 0.1) is 0 Å². The van der Waals surface area contributed by atoms with Gasteiger partial charge in [-0.1, -0.05) is 35.3 Å². The highest BCUT2D eigenvalue weighted by atomic mass is 35.5. The lowest BCUT2D eigenvalue weighted by Crippen LogP contribution is -2.20. The Morgan fingerprint density at radius 2 is 1.90 bits per heavy atom. The maximum atomic E-state index is 12.1. The number of anilines is 2. The molecule has 1 amide bonds. The highest BCUT2D eigenvalue weighted by Crippen LogP contribution is 2.23. The molecule has 0 aliphatic carbocycles. The topological polar surface area (TPSA) is 72.2 Å². The van der Waals surface area contributed by atoms with Gasteiger partial charge in [-0.05, 0) is 30.3 Å². The van der Waals surface area contributed by atoms with Gasteiger partial charge in [-0.25, -0.2) is 0 Å². The van der Waals surface area contributed by atoms with E-state index in [1.165, 1.54) is 6.07 Å². The van der Waals surface area contributed by atoms with Gasteiger partial charge in [0, 0.05) is 5.02 Å². The predicted molar refractivity (Wildman–Crippen MR) is 87.2 cm³/mol. The van der Waals surface area contributed by atoms with Crippen LogP contribution in [0.1, 0.15) is 0 Å². The van der Waals surface area contributed by atoms with Crippen molar-refractivity contribution in [3.63, 3.8) is 0 Å². The SMILES string of the molecule is Nc1ccc(Cl)cc1NC(=O)CS(=O)c1ccccc1Cl. The van der Waals surface area contributed by atoms with Crippen LogP contribution in [0.25, 0.3) is 0 Å². The van der Waals surface area contributed by atoms with Crippen molar-refractivity contribution in [1.29, 1.82) is 0 Å². The summed E-state index contributed by atoms with van der Waals surface area (Å²) in [6.45, 7) is 0. The number of carbonyl (C=O) groups excluding carboxylic acids is 1. The first-order valence-electron chi connectivity index (χ1n) is 5.95. The minimum atomic E-state index is -1.53. The highest BCUT2D eigenvalue weighted by molar-refractivity contribution is 7.86. The fourth-order valence-corrected chi connectivity index (χ4v) is 3.20. The minimum Gasteiger partial charge on any atom is -0.397 e. The van der Waals surface area contributed by atoms with Crippen LogP contribution < -0.4 is 11.1 Å². The van der Waals surface area contributed by atoms with Gasteiger partial charge in [0.05, 0.1) is 32.1 Å². The van der Waals surface area contributed by atoms with E-state index in [4.69, 9.17) is 28.9 Å². The molecule has 0 aromatic heterocycles. The van der Waals surface area contributed by atoms with E-state index in [9.17, 15) is 9.00 Å². The Labute approximate surface area is 134 Å². The number of carbonyl (C=O) groups is 1. The molecule has 1 atom stereocenters. The molecule has 1 unspecified atom stereocenters. The summed E-state index contributed by atoms with van der Waals surface area (Å²) in [6.07, 6.45) is 0. The normalized spacial score (nSPS) is 11.9. The number of benzene rings is 2. The van der Waals surface area contributed by atoms with Crippen LogP contribution >= 0.6 is 23.2 Å². The van der Waals surface area contributed by atoms with Crippen molar-refractivity contribution >= 4 is 51.3 Å². The molecule has 2 aromatic rings. The molecule has 2 rings (SSSR count). The molecule has 0 aliphatic rings. The Hall–Kier alpha value is -1.56. The van der Waals surface area contributed by atoms with Crippen LogP contribution in [-0.2, 0) is 15.6 Å². The van der Waals surface area contributed by atoms with Crippen molar-refractivity contribution < 1.29 is 9.00 Å². The lowest BCUT2D eigenvalue weighted by molar-refractivity contribution is -0.113. The summed E-state index contributed by atoms with van der Waals surface area (Å²) >= 11 is 11.8. The number of amides is 1. The molecule has 2 aromatic carbocycles. The fraction of sp³-hybridized carbons (Fsp3) is 0.0714. The maximum Gasteiger partial charge on any atom is 0.237 e. The molecular formula is C14H12Cl2N2O2S. The zero-order valence-corrected chi connectivity index (χ0v) is 13.1. The molecule has 7 heteroatoms. The summed E-state index contributed by atoms with van der Waals surface area (Å²) in [4.78, 5) is 12.3. The van der Waals surface area contributed by atoms with Gasteiger partial charge in [0.1, 0.15) is 5.75 Å². The van der Waals surface area contributed by atoms with Gasteiger partial charge in [0.25, 0.3) is 0 Å². The summed E-state index contributed by atoms with van der Waals surface area (Å²) in [5, 5.41) is 3.40. The Morgan fingerprint density at radius 1 is 1.19 bits per heavy atom. The van der Waals surface area contributed by atoms with E-state index in [1.807, 2.05) is 0 Å². The third-order valence-electron chi connectivity index (χ3n) is 2.63. The molecule has 4 nitrogen and oxygen atoms in total. The number of nitrogen functional groups attached to an aromatic ring is 1. The van der Waals surface area contributed by atoms with Crippen molar-refractivity contribution in [1.82, 2.24) is 0 Å². The second-order valence-corrected chi connectivity index (χ2v) is 6.46. The van der Waals surface area contributed by atoms with Crippen molar-refractivity contribution in [2.45, 2.75) is 4.90 Å². The van der Waals surface area contributed by atoms with E-state index in [-0.39, 0.29) is 5.75 Å². The molecule has 0 bridgehead atoms. The summed E-state index contributed by atoms with van der Waals surface area (Å²) in [6, 6.07) is 11.4. The Balaban J connectivity index is 2.07. The van der Waals surface area contributed by atoms with Crippen LogP contribution in [0.5, 0.6) is 0 Å². The zero-order chi connectivity index (χ0) is 15.4. The molecule has 0 aliphatic heterocycles. The van der Waals surface area contributed by atoms with Crippen LogP contribution in [0.4, 0.5) is 11.4 Å². The average molecular weight is 343 g/mol. The van der Waals surface area contributed by atoms with E-state index < -0.39 is 16.7 Å². The second-order valence-electron chi connectivity index (χ2n) is 4.20. The first kappa shape index (κ1) is 15.8. The molecule has 3 N–H and O–H groups in total. The summed E-state index contributed by atoms with van der Waals surface area (Å²) in [7, 11) is -1.53. The lowest BCUT2D eigenvalue weighted by atomic mass is 10.2. The van der Waals surface area contributed by atoms with Gasteiger partial charge in [-0.15, -0.1) is 0 Å². The fourth-order valence-electron chi connectivity index (χ4n) is 1.65. The van der Waals surface area contributed by atoms with Crippen LogP contribution in [0.15, 0.2) is 47.4 Å². The maximum absolute atomic E-state index is 12.1. The summed E-state index contributed by atoms with van der Waals surface area (Å²) < 4.78 is 12.1. The van der Waals surface area contributed by atoms with E-state index in [0.29, 0.717) is 26.3 Å². The third kappa shape index (κ3) is 4.20. The molecule has 0 spiro atoms. The van der Waals surface area contributed by atoms with E-state index in [2.05, 4.69) is 5.32 Å². The largest absolute Gasteiger partial charge is 0.397 e. The molecule has 0 saturated carbocycles. The van der Waals surface area contributed by atoms with Crippen molar-refractivity contribution in [3.05, 3.63) is 52.5 Å². The van der Waals surface area contributed by atoms with E-state index in [1.54, 1.807) is 36.4 Å². The van der Waals surface area contributed by atoms with Crippen LogP contribution in [0.3, 0.4) is 0 Å².